The molecule has 0 aromatic heterocycles. The molecule has 0 aliphatic heterocycles. The summed E-state index contributed by atoms with van der Waals surface area (Å²) in [5, 5.41) is 0.568. The van der Waals surface area contributed by atoms with Gasteiger partial charge in [-0.2, -0.15) is 0 Å². The van der Waals surface area contributed by atoms with Crippen molar-refractivity contribution in [3.63, 3.8) is 0 Å². The molecule has 0 saturated heterocycles. The van der Waals surface area contributed by atoms with Crippen LogP contribution in [0.5, 0.6) is 5.75 Å². The number of carbonyl (C=O) groups is 1. The second kappa shape index (κ2) is 5.89. The summed E-state index contributed by atoms with van der Waals surface area (Å²) in [6.45, 7) is 1.87. The summed E-state index contributed by atoms with van der Waals surface area (Å²) in [6.07, 6.45) is 0.0899. The van der Waals surface area contributed by atoms with E-state index in [1.165, 1.54) is 7.11 Å². The van der Waals surface area contributed by atoms with Gasteiger partial charge in [0.15, 0.2) is 0 Å². The largest absolute Gasteiger partial charge is 0.496 e. The number of ether oxygens (including phenoxy) is 2. The van der Waals surface area contributed by atoms with Gasteiger partial charge in [0.05, 0.1) is 20.6 Å². The summed E-state index contributed by atoms with van der Waals surface area (Å²) in [5.41, 5.74) is 7.54. The summed E-state index contributed by atoms with van der Waals surface area (Å²) in [5.74, 6) is 0.294. The van der Waals surface area contributed by atoms with Gasteiger partial charge in [0.2, 0.25) is 0 Å². The third kappa shape index (κ3) is 3.35. The minimum absolute atomic E-state index is 0.0899. The highest BCUT2D eigenvalue weighted by Crippen LogP contribution is 2.32. The standard InChI is InChI=1S/C12H16ClNO3/c1-7-4-8(13)5-9(12(7)17-3)10(14)6-11(15)16-2/h4-5,10H,6,14H2,1-3H3. The number of esters is 1. The Morgan fingerprint density at radius 3 is 2.65 bits per heavy atom. The fourth-order valence-corrected chi connectivity index (χ4v) is 1.96. The average molecular weight is 258 g/mol. The molecule has 0 fully saturated rings. The molecule has 5 heteroatoms. The van der Waals surface area contributed by atoms with Crippen molar-refractivity contribution in [3.05, 3.63) is 28.3 Å². The number of hydrogen-bond donors (Lipinski definition) is 1. The zero-order chi connectivity index (χ0) is 13.0. The molecule has 1 rings (SSSR count). The minimum atomic E-state index is -0.491. The Balaban J connectivity index is 3.07. The molecule has 0 aliphatic rings. The maximum Gasteiger partial charge on any atom is 0.307 e. The Kier molecular flexibility index (Phi) is 4.78. The third-order valence-corrected chi connectivity index (χ3v) is 2.70. The maximum absolute atomic E-state index is 11.2. The summed E-state index contributed by atoms with van der Waals surface area (Å²) in [7, 11) is 2.89. The molecule has 0 spiro atoms. The predicted octanol–water partition coefficient (Wildman–Crippen LogP) is 2.22. The van der Waals surface area contributed by atoms with Crippen molar-refractivity contribution < 1.29 is 14.3 Å². The first kappa shape index (κ1) is 13.8. The van der Waals surface area contributed by atoms with E-state index in [0.29, 0.717) is 16.3 Å². The SMILES string of the molecule is COC(=O)CC(N)c1cc(Cl)cc(C)c1OC. The molecular formula is C12H16ClNO3. The molecule has 17 heavy (non-hydrogen) atoms. The molecule has 0 saturated carbocycles. The number of nitrogens with two attached hydrogens (primary N) is 1. The normalized spacial score (nSPS) is 12.1. The zero-order valence-electron chi connectivity index (χ0n) is 10.1. The molecule has 1 aromatic rings. The Bertz CT molecular complexity index is 420. The first-order valence-electron chi connectivity index (χ1n) is 5.16. The fourth-order valence-electron chi connectivity index (χ4n) is 1.68. The van der Waals surface area contributed by atoms with Gasteiger partial charge in [0.1, 0.15) is 5.75 Å². The minimum Gasteiger partial charge on any atom is -0.496 e. The molecule has 1 unspecified atom stereocenters. The number of aryl methyl sites for hydroxylation is 1. The first-order valence-corrected chi connectivity index (χ1v) is 5.53. The monoisotopic (exact) mass is 257 g/mol. The lowest BCUT2D eigenvalue weighted by Crippen LogP contribution is -2.17. The van der Waals surface area contributed by atoms with Gasteiger partial charge in [-0.25, -0.2) is 0 Å². The fraction of sp³-hybridized carbons (Fsp3) is 0.417. The molecule has 2 N–H and O–H groups in total. The second-order valence-corrected chi connectivity index (χ2v) is 4.17. The summed E-state index contributed by atoms with van der Waals surface area (Å²) in [4.78, 5) is 11.2. The Morgan fingerprint density at radius 1 is 1.47 bits per heavy atom. The Hall–Kier alpha value is -1.26. The molecule has 94 valence electrons. The number of halogens is 1. The molecule has 1 aromatic carbocycles. The summed E-state index contributed by atoms with van der Waals surface area (Å²) < 4.78 is 9.86. The number of rotatable bonds is 4. The van der Waals surface area contributed by atoms with Gasteiger partial charge in [-0.1, -0.05) is 11.6 Å². The van der Waals surface area contributed by atoms with Crippen LogP contribution in [0.25, 0.3) is 0 Å². The molecule has 0 radical (unpaired) electrons. The number of methoxy groups -OCH3 is 2. The lowest BCUT2D eigenvalue weighted by atomic mass is 10.0. The highest BCUT2D eigenvalue weighted by molar-refractivity contribution is 6.30. The molecule has 0 bridgehead atoms. The van der Waals surface area contributed by atoms with Crippen LogP contribution in [0.2, 0.25) is 5.02 Å². The van der Waals surface area contributed by atoms with E-state index in [9.17, 15) is 4.79 Å². The van der Waals surface area contributed by atoms with Gasteiger partial charge in [-0.05, 0) is 24.6 Å². The zero-order valence-corrected chi connectivity index (χ0v) is 10.9. The van der Waals surface area contributed by atoms with E-state index in [-0.39, 0.29) is 12.4 Å². The summed E-state index contributed by atoms with van der Waals surface area (Å²) in [6, 6.07) is 3.00. The van der Waals surface area contributed by atoms with E-state index in [1.807, 2.05) is 6.92 Å². The van der Waals surface area contributed by atoms with Crippen molar-refractivity contribution in [1.82, 2.24) is 0 Å². The lowest BCUT2D eigenvalue weighted by Gasteiger charge is -2.17. The van der Waals surface area contributed by atoms with Gasteiger partial charge >= 0.3 is 5.97 Å². The molecule has 1 atom stereocenters. The van der Waals surface area contributed by atoms with Crippen molar-refractivity contribution in [3.8, 4) is 5.75 Å². The van der Waals surface area contributed by atoms with Crippen LogP contribution in [0.4, 0.5) is 0 Å². The van der Waals surface area contributed by atoms with Crippen molar-refractivity contribution in [1.29, 1.82) is 0 Å². The van der Waals surface area contributed by atoms with E-state index in [0.717, 1.165) is 5.56 Å². The first-order chi connectivity index (χ1) is 7.99. The van der Waals surface area contributed by atoms with Gasteiger partial charge in [-0.15, -0.1) is 0 Å². The lowest BCUT2D eigenvalue weighted by molar-refractivity contribution is -0.141. The second-order valence-electron chi connectivity index (χ2n) is 3.73. The molecular weight excluding hydrogens is 242 g/mol. The van der Waals surface area contributed by atoms with Crippen LogP contribution in [0.15, 0.2) is 12.1 Å². The van der Waals surface area contributed by atoms with Crippen LogP contribution in [0, 0.1) is 6.92 Å². The predicted molar refractivity (Wildman–Crippen MR) is 66.3 cm³/mol. The van der Waals surface area contributed by atoms with Gasteiger partial charge in [-0.3, -0.25) is 4.79 Å². The molecule has 4 nitrogen and oxygen atoms in total. The molecule has 0 aliphatic carbocycles. The van der Waals surface area contributed by atoms with Crippen molar-refractivity contribution >= 4 is 17.6 Å². The van der Waals surface area contributed by atoms with Gasteiger partial charge in [0.25, 0.3) is 0 Å². The van der Waals surface area contributed by atoms with E-state index >= 15 is 0 Å². The van der Waals surface area contributed by atoms with Crippen molar-refractivity contribution in [2.75, 3.05) is 14.2 Å². The third-order valence-electron chi connectivity index (χ3n) is 2.49. The Morgan fingerprint density at radius 2 is 2.12 bits per heavy atom. The smallest absolute Gasteiger partial charge is 0.307 e. The molecule has 0 heterocycles. The van der Waals surface area contributed by atoms with Crippen molar-refractivity contribution in [2.45, 2.75) is 19.4 Å². The highest BCUT2D eigenvalue weighted by Gasteiger charge is 2.18. The molecule has 0 amide bonds. The van der Waals surface area contributed by atoms with Crippen LogP contribution >= 0.6 is 11.6 Å². The highest BCUT2D eigenvalue weighted by atomic mass is 35.5. The van der Waals surface area contributed by atoms with Crippen LogP contribution in [-0.2, 0) is 9.53 Å². The van der Waals surface area contributed by atoms with E-state index < -0.39 is 6.04 Å². The maximum atomic E-state index is 11.2. The van der Waals surface area contributed by atoms with Crippen LogP contribution < -0.4 is 10.5 Å². The van der Waals surface area contributed by atoms with Crippen LogP contribution in [0.3, 0.4) is 0 Å². The number of benzene rings is 1. The number of hydrogen-bond acceptors (Lipinski definition) is 4. The van der Waals surface area contributed by atoms with E-state index in [4.69, 9.17) is 22.1 Å². The van der Waals surface area contributed by atoms with E-state index in [1.54, 1.807) is 19.2 Å². The Labute approximate surface area is 106 Å². The average Bonchev–Trinajstić information content (AvgIpc) is 2.27. The quantitative estimate of drug-likeness (QED) is 0.840. The number of carbonyl (C=O) groups excluding carboxylic acids is 1. The van der Waals surface area contributed by atoms with Crippen LogP contribution in [0.1, 0.15) is 23.6 Å². The van der Waals surface area contributed by atoms with Gasteiger partial charge in [0, 0.05) is 16.6 Å². The topological polar surface area (TPSA) is 61.5 Å². The van der Waals surface area contributed by atoms with Crippen molar-refractivity contribution in [2.24, 2.45) is 5.73 Å². The van der Waals surface area contributed by atoms with Crippen LogP contribution in [-0.4, -0.2) is 20.2 Å². The van der Waals surface area contributed by atoms with E-state index in [2.05, 4.69) is 4.74 Å². The summed E-state index contributed by atoms with van der Waals surface area (Å²) >= 11 is 5.97. The van der Waals surface area contributed by atoms with Gasteiger partial charge < -0.3 is 15.2 Å².